The third kappa shape index (κ3) is 3.13. The Morgan fingerprint density at radius 1 is 1.33 bits per heavy atom. The maximum Gasteiger partial charge on any atom is 0.416 e. The number of hydrogen-bond acceptors (Lipinski definition) is 2. The molecule has 0 aliphatic carbocycles. The number of benzene rings is 1. The largest absolute Gasteiger partial charge is 0.416 e. The van der Waals surface area contributed by atoms with Gasteiger partial charge in [0.15, 0.2) is 0 Å². The van der Waals surface area contributed by atoms with Crippen LogP contribution in [0.25, 0.3) is 0 Å². The van der Waals surface area contributed by atoms with Crippen LogP contribution in [0.1, 0.15) is 24.5 Å². The lowest BCUT2D eigenvalue weighted by atomic mass is 10.1. The Hall–Kier alpha value is -0.840. The summed E-state index contributed by atoms with van der Waals surface area (Å²) in [5, 5.41) is 3.81. The number of aryl methyl sites for hydroxylation is 1. The minimum atomic E-state index is -4.28. The van der Waals surface area contributed by atoms with Crippen LogP contribution in [-0.2, 0) is 6.18 Å². The summed E-state index contributed by atoms with van der Waals surface area (Å²) >= 11 is 1.86. The highest BCUT2D eigenvalue weighted by Gasteiger charge is 2.31. The summed E-state index contributed by atoms with van der Waals surface area (Å²) in [6, 6.07) is 4.14. The highest BCUT2D eigenvalue weighted by atomic mass is 32.2. The van der Waals surface area contributed by atoms with Gasteiger partial charge in [0, 0.05) is 22.7 Å². The van der Waals surface area contributed by atoms with Crippen LogP contribution in [0.2, 0.25) is 0 Å². The van der Waals surface area contributed by atoms with Gasteiger partial charge in [-0.25, -0.2) is 0 Å². The lowest BCUT2D eigenvalue weighted by Crippen LogP contribution is -2.20. The van der Waals surface area contributed by atoms with Crippen molar-refractivity contribution in [2.45, 2.75) is 37.7 Å². The quantitative estimate of drug-likeness (QED) is 0.862. The zero-order valence-electron chi connectivity index (χ0n) is 10.3. The molecular formula is C13H16F3NS. The Labute approximate surface area is 109 Å². The molecule has 100 valence electrons. The van der Waals surface area contributed by atoms with Crippen LogP contribution in [0, 0.1) is 6.92 Å². The second-order valence-electron chi connectivity index (χ2n) is 4.75. The molecule has 0 bridgehead atoms. The minimum absolute atomic E-state index is 0.271. The van der Waals surface area contributed by atoms with Crippen molar-refractivity contribution in [3.8, 4) is 0 Å². The zero-order valence-corrected chi connectivity index (χ0v) is 11.2. The summed E-state index contributed by atoms with van der Waals surface area (Å²) in [5.41, 5.74) is 0.867. The lowest BCUT2D eigenvalue weighted by Gasteiger charge is -2.17. The van der Waals surface area contributed by atoms with E-state index in [2.05, 4.69) is 12.2 Å². The second-order valence-corrected chi connectivity index (χ2v) is 6.22. The molecule has 1 heterocycles. The molecule has 0 spiro atoms. The van der Waals surface area contributed by atoms with E-state index in [4.69, 9.17) is 0 Å². The van der Waals surface area contributed by atoms with Crippen molar-refractivity contribution in [2.75, 3.05) is 11.1 Å². The smallest absolute Gasteiger partial charge is 0.381 e. The first kappa shape index (κ1) is 13.6. The molecule has 2 rings (SSSR count). The van der Waals surface area contributed by atoms with Gasteiger partial charge in [-0.3, -0.25) is 0 Å². The van der Waals surface area contributed by atoms with Crippen LogP contribution < -0.4 is 5.32 Å². The van der Waals surface area contributed by atoms with Gasteiger partial charge in [0.2, 0.25) is 0 Å². The van der Waals surface area contributed by atoms with E-state index in [-0.39, 0.29) is 6.04 Å². The molecule has 0 amide bonds. The van der Waals surface area contributed by atoms with Crippen LogP contribution >= 0.6 is 11.8 Å². The van der Waals surface area contributed by atoms with Gasteiger partial charge < -0.3 is 5.32 Å². The molecule has 1 N–H and O–H groups in total. The summed E-state index contributed by atoms with van der Waals surface area (Å²) in [6.07, 6.45) is -3.28. The standard InChI is InChI=1S/C13H16F3NS/c1-8-3-4-10(13(14,15)16)6-12(8)17-11-5-9(2)18-7-11/h3-4,6,9,11,17H,5,7H2,1-2H3. The van der Waals surface area contributed by atoms with E-state index in [9.17, 15) is 13.2 Å². The van der Waals surface area contributed by atoms with Crippen LogP contribution in [0.3, 0.4) is 0 Å². The zero-order chi connectivity index (χ0) is 13.3. The highest BCUT2D eigenvalue weighted by Crippen LogP contribution is 2.34. The van der Waals surface area contributed by atoms with E-state index in [0.717, 1.165) is 23.8 Å². The molecule has 1 aliphatic heterocycles. The van der Waals surface area contributed by atoms with Crippen molar-refractivity contribution in [3.05, 3.63) is 29.3 Å². The first-order valence-electron chi connectivity index (χ1n) is 5.92. The van der Waals surface area contributed by atoms with Gasteiger partial charge in [0.1, 0.15) is 0 Å². The molecule has 1 aliphatic rings. The van der Waals surface area contributed by atoms with Crippen molar-refractivity contribution in [2.24, 2.45) is 0 Å². The normalized spacial score (nSPS) is 24.3. The number of alkyl halides is 3. The number of nitrogens with one attached hydrogen (secondary N) is 1. The van der Waals surface area contributed by atoms with Gasteiger partial charge in [0.05, 0.1) is 5.56 Å². The number of halogens is 3. The van der Waals surface area contributed by atoms with Crippen molar-refractivity contribution in [3.63, 3.8) is 0 Å². The fraction of sp³-hybridized carbons (Fsp3) is 0.538. The summed E-state index contributed by atoms with van der Waals surface area (Å²) < 4.78 is 37.9. The first-order valence-corrected chi connectivity index (χ1v) is 6.97. The molecule has 2 atom stereocenters. The molecule has 1 aromatic rings. The predicted octanol–water partition coefficient (Wildman–Crippen LogP) is 4.32. The monoisotopic (exact) mass is 275 g/mol. The fourth-order valence-corrected chi connectivity index (χ4v) is 3.24. The van der Waals surface area contributed by atoms with Crippen molar-refractivity contribution in [1.82, 2.24) is 0 Å². The SMILES string of the molecule is Cc1ccc(C(F)(F)F)cc1NC1CSC(C)C1. The topological polar surface area (TPSA) is 12.0 Å². The molecule has 0 saturated carbocycles. The summed E-state index contributed by atoms with van der Waals surface area (Å²) in [7, 11) is 0. The van der Waals surface area contributed by atoms with Gasteiger partial charge in [-0.15, -0.1) is 0 Å². The molecule has 1 fully saturated rings. The molecule has 0 radical (unpaired) electrons. The second kappa shape index (κ2) is 5.03. The van der Waals surface area contributed by atoms with Crippen LogP contribution in [0.5, 0.6) is 0 Å². The van der Waals surface area contributed by atoms with E-state index in [0.29, 0.717) is 10.9 Å². The van der Waals surface area contributed by atoms with Gasteiger partial charge in [-0.1, -0.05) is 13.0 Å². The van der Waals surface area contributed by atoms with E-state index >= 15 is 0 Å². The van der Waals surface area contributed by atoms with Gasteiger partial charge in [-0.2, -0.15) is 24.9 Å². The van der Waals surface area contributed by atoms with Crippen LogP contribution in [0.4, 0.5) is 18.9 Å². The average Bonchev–Trinajstić information content (AvgIpc) is 2.66. The fourth-order valence-electron chi connectivity index (χ4n) is 2.09. The van der Waals surface area contributed by atoms with Gasteiger partial charge in [-0.05, 0) is 31.0 Å². The van der Waals surface area contributed by atoms with Crippen LogP contribution in [0.15, 0.2) is 18.2 Å². The molecule has 1 saturated heterocycles. The molecule has 5 heteroatoms. The molecule has 18 heavy (non-hydrogen) atoms. The Bertz CT molecular complexity index is 431. The lowest BCUT2D eigenvalue weighted by molar-refractivity contribution is -0.137. The number of hydrogen-bond donors (Lipinski definition) is 1. The summed E-state index contributed by atoms with van der Waals surface area (Å²) in [6.45, 7) is 3.97. The number of thioether (sulfide) groups is 1. The number of rotatable bonds is 2. The summed E-state index contributed by atoms with van der Waals surface area (Å²) in [5.74, 6) is 0.955. The van der Waals surface area contributed by atoms with Gasteiger partial charge >= 0.3 is 6.18 Å². The van der Waals surface area contributed by atoms with E-state index < -0.39 is 11.7 Å². The van der Waals surface area contributed by atoms with E-state index in [1.807, 2.05) is 18.7 Å². The van der Waals surface area contributed by atoms with Crippen molar-refractivity contribution in [1.29, 1.82) is 0 Å². The van der Waals surface area contributed by atoms with Crippen molar-refractivity contribution < 1.29 is 13.2 Å². The Morgan fingerprint density at radius 2 is 2.06 bits per heavy atom. The highest BCUT2D eigenvalue weighted by molar-refractivity contribution is 8.00. The molecule has 1 nitrogen and oxygen atoms in total. The van der Waals surface area contributed by atoms with Crippen LogP contribution in [-0.4, -0.2) is 17.0 Å². The van der Waals surface area contributed by atoms with E-state index in [1.54, 1.807) is 0 Å². The third-order valence-corrected chi connectivity index (χ3v) is 4.48. The van der Waals surface area contributed by atoms with Crippen molar-refractivity contribution >= 4 is 17.4 Å². The predicted molar refractivity (Wildman–Crippen MR) is 70.1 cm³/mol. The minimum Gasteiger partial charge on any atom is -0.381 e. The Morgan fingerprint density at radius 3 is 2.61 bits per heavy atom. The molecular weight excluding hydrogens is 259 g/mol. The third-order valence-electron chi connectivity index (χ3n) is 3.12. The first-order chi connectivity index (χ1) is 8.36. The Kier molecular flexibility index (Phi) is 3.80. The number of anilines is 1. The maximum absolute atomic E-state index is 12.6. The molecule has 0 aromatic heterocycles. The average molecular weight is 275 g/mol. The molecule has 2 unspecified atom stereocenters. The Balaban J connectivity index is 2.16. The van der Waals surface area contributed by atoms with Gasteiger partial charge in [0.25, 0.3) is 0 Å². The maximum atomic E-state index is 12.6. The van der Waals surface area contributed by atoms with E-state index in [1.165, 1.54) is 12.1 Å². The summed E-state index contributed by atoms with van der Waals surface area (Å²) in [4.78, 5) is 0. The molecule has 1 aromatic carbocycles.